The number of hydrogen-bond acceptors (Lipinski definition) is 2. The third-order valence-electron chi connectivity index (χ3n) is 4.65. The van der Waals surface area contributed by atoms with E-state index in [1.54, 1.807) is 0 Å². The topological polar surface area (TPSA) is 29.9 Å². The number of pyridine rings is 1. The highest BCUT2D eigenvalue weighted by atomic mass is 15.0. The van der Waals surface area contributed by atoms with E-state index in [-0.39, 0.29) is 0 Å². The van der Waals surface area contributed by atoms with E-state index in [4.69, 9.17) is 0 Å². The first kappa shape index (κ1) is 16.6. The molecule has 0 saturated heterocycles. The van der Waals surface area contributed by atoms with Crippen molar-refractivity contribution < 1.29 is 0 Å². The molecule has 1 N–H and O–H groups in total. The van der Waals surface area contributed by atoms with Gasteiger partial charge in [0.25, 0.3) is 0 Å². The van der Waals surface area contributed by atoms with Crippen LogP contribution in [0.2, 0.25) is 0 Å². The number of fused-ring (bicyclic) bond motifs is 1. The number of rotatable bonds is 6. The summed E-state index contributed by atoms with van der Waals surface area (Å²) in [4.78, 5) is 4.37. The summed E-state index contributed by atoms with van der Waals surface area (Å²) in [6.45, 7) is 4.64. The van der Waals surface area contributed by atoms with Crippen LogP contribution in [-0.4, -0.2) is 9.55 Å². The first-order valence-corrected chi connectivity index (χ1v) is 9.02. The van der Waals surface area contributed by atoms with Gasteiger partial charge in [-0.3, -0.25) is 4.98 Å². The lowest BCUT2D eigenvalue weighted by Gasteiger charge is -2.06. The number of hydrogen-bond donors (Lipinski definition) is 1. The molecule has 4 aromatic rings. The van der Waals surface area contributed by atoms with Crippen molar-refractivity contribution >= 4 is 10.9 Å². The van der Waals surface area contributed by atoms with Gasteiger partial charge < -0.3 is 9.88 Å². The van der Waals surface area contributed by atoms with Crippen molar-refractivity contribution in [3.8, 4) is 0 Å². The smallest absolute Gasteiger partial charge is 0.0541 e. The predicted octanol–water partition coefficient (Wildman–Crippen LogP) is 4.68. The summed E-state index contributed by atoms with van der Waals surface area (Å²) in [5.41, 5.74) is 6.30. The monoisotopic (exact) mass is 341 g/mol. The van der Waals surface area contributed by atoms with Crippen molar-refractivity contribution in [1.82, 2.24) is 14.9 Å². The first-order valence-electron chi connectivity index (χ1n) is 9.02. The van der Waals surface area contributed by atoms with Crippen LogP contribution in [0.1, 0.15) is 22.4 Å². The Morgan fingerprint density at radius 2 is 1.81 bits per heavy atom. The van der Waals surface area contributed by atoms with Gasteiger partial charge in [0, 0.05) is 42.9 Å². The summed E-state index contributed by atoms with van der Waals surface area (Å²) in [5.74, 6) is 0. The number of benzene rings is 2. The van der Waals surface area contributed by atoms with Crippen LogP contribution in [-0.2, 0) is 19.6 Å². The lowest BCUT2D eigenvalue weighted by molar-refractivity contribution is 0.679. The summed E-state index contributed by atoms with van der Waals surface area (Å²) in [6, 6.07) is 23.4. The van der Waals surface area contributed by atoms with Gasteiger partial charge in [-0.1, -0.05) is 54.1 Å². The molecule has 0 atom stereocenters. The van der Waals surface area contributed by atoms with Crippen molar-refractivity contribution in [3.05, 3.63) is 102 Å². The summed E-state index contributed by atoms with van der Waals surface area (Å²) in [6.07, 6.45) is 4.11. The van der Waals surface area contributed by atoms with E-state index in [1.165, 1.54) is 27.6 Å². The average Bonchev–Trinajstić information content (AvgIpc) is 3.01. The maximum Gasteiger partial charge on any atom is 0.0541 e. The molecule has 0 radical (unpaired) electrons. The zero-order valence-corrected chi connectivity index (χ0v) is 15.0. The molecule has 0 aliphatic rings. The van der Waals surface area contributed by atoms with Gasteiger partial charge in [-0.2, -0.15) is 0 Å². The fourth-order valence-electron chi connectivity index (χ4n) is 3.43. The summed E-state index contributed by atoms with van der Waals surface area (Å²) >= 11 is 0. The third kappa shape index (κ3) is 3.68. The summed E-state index contributed by atoms with van der Waals surface area (Å²) < 4.78 is 2.35. The molecule has 2 aromatic heterocycles. The third-order valence-corrected chi connectivity index (χ3v) is 4.65. The van der Waals surface area contributed by atoms with Crippen LogP contribution in [0.3, 0.4) is 0 Å². The van der Waals surface area contributed by atoms with E-state index in [9.17, 15) is 0 Å². The fraction of sp³-hybridized carbons (Fsp3) is 0.174. The molecule has 2 heterocycles. The molecule has 26 heavy (non-hydrogen) atoms. The van der Waals surface area contributed by atoms with Crippen LogP contribution in [0.15, 0.2) is 79.1 Å². The second-order valence-corrected chi connectivity index (χ2v) is 6.71. The van der Waals surface area contributed by atoms with Crippen LogP contribution in [0.4, 0.5) is 0 Å². The molecule has 3 nitrogen and oxygen atoms in total. The molecule has 0 amide bonds. The van der Waals surface area contributed by atoms with Crippen LogP contribution < -0.4 is 5.32 Å². The number of aromatic nitrogens is 2. The second kappa shape index (κ2) is 7.54. The Morgan fingerprint density at radius 3 is 2.65 bits per heavy atom. The maximum absolute atomic E-state index is 4.37. The van der Waals surface area contributed by atoms with Gasteiger partial charge in [0.05, 0.1) is 5.69 Å². The van der Waals surface area contributed by atoms with Gasteiger partial charge in [0.15, 0.2) is 0 Å². The highest BCUT2D eigenvalue weighted by molar-refractivity contribution is 5.84. The SMILES string of the molecule is Cc1cccc(Cn2cc(CNCc3ccccn3)c3ccccc32)c1. The highest BCUT2D eigenvalue weighted by Crippen LogP contribution is 2.22. The van der Waals surface area contributed by atoms with E-state index in [0.29, 0.717) is 0 Å². The number of nitrogens with zero attached hydrogens (tertiary/aromatic N) is 2. The minimum absolute atomic E-state index is 0.776. The molecule has 0 unspecified atom stereocenters. The van der Waals surface area contributed by atoms with Crippen LogP contribution in [0.5, 0.6) is 0 Å². The first-order chi connectivity index (χ1) is 12.8. The molecule has 0 aliphatic heterocycles. The molecule has 130 valence electrons. The zero-order chi connectivity index (χ0) is 17.8. The van der Waals surface area contributed by atoms with E-state index < -0.39 is 0 Å². The normalized spacial score (nSPS) is 11.1. The Hall–Kier alpha value is -2.91. The molecule has 0 bridgehead atoms. The van der Waals surface area contributed by atoms with Crippen molar-refractivity contribution in [2.45, 2.75) is 26.6 Å². The Labute approximate surface area is 154 Å². The number of nitrogens with one attached hydrogen (secondary N) is 1. The van der Waals surface area contributed by atoms with E-state index in [0.717, 1.165) is 25.3 Å². The van der Waals surface area contributed by atoms with Gasteiger partial charge in [0.2, 0.25) is 0 Å². The summed E-state index contributed by atoms with van der Waals surface area (Å²) in [7, 11) is 0. The molecule has 0 spiro atoms. The predicted molar refractivity (Wildman–Crippen MR) is 107 cm³/mol. The van der Waals surface area contributed by atoms with Crippen molar-refractivity contribution in [2.75, 3.05) is 0 Å². The van der Waals surface area contributed by atoms with Gasteiger partial charge >= 0.3 is 0 Å². The molecule has 3 heteroatoms. The fourth-order valence-corrected chi connectivity index (χ4v) is 3.43. The van der Waals surface area contributed by atoms with Crippen LogP contribution in [0.25, 0.3) is 10.9 Å². The largest absolute Gasteiger partial charge is 0.343 e. The van der Waals surface area contributed by atoms with Crippen LogP contribution in [0, 0.1) is 6.92 Å². The van der Waals surface area contributed by atoms with Crippen molar-refractivity contribution in [2.24, 2.45) is 0 Å². The Balaban J connectivity index is 1.55. The van der Waals surface area contributed by atoms with Crippen molar-refractivity contribution in [1.29, 1.82) is 0 Å². The lowest BCUT2D eigenvalue weighted by atomic mass is 10.1. The molecule has 0 saturated carbocycles. The molecular weight excluding hydrogens is 318 g/mol. The molecule has 4 rings (SSSR count). The minimum atomic E-state index is 0.776. The minimum Gasteiger partial charge on any atom is -0.343 e. The standard InChI is InChI=1S/C23H23N3/c1-18-7-6-8-19(13-18)16-26-17-20(22-10-2-3-11-23(22)26)14-24-15-21-9-4-5-12-25-21/h2-13,17,24H,14-16H2,1H3. The number of aryl methyl sites for hydroxylation is 1. The van der Waals surface area contributed by atoms with Gasteiger partial charge in [-0.15, -0.1) is 0 Å². The maximum atomic E-state index is 4.37. The highest BCUT2D eigenvalue weighted by Gasteiger charge is 2.08. The Bertz CT molecular complexity index is 1000. The Morgan fingerprint density at radius 1 is 0.923 bits per heavy atom. The molecule has 2 aromatic carbocycles. The van der Waals surface area contributed by atoms with Crippen molar-refractivity contribution in [3.63, 3.8) is 0 Å². The zero-order valence-electron chi connectivity index (χ0n) is 15.0. The van der Waals surface area contributed by atoms with Gasteiger partial charge in [-0.05, 0) is 36.2 Å². The lowest BCUT2D eigenvalue weighted by Crippen LogP contribution is -2.13. The average molecular weight is 341 g/mol. The van der Waals surface area contributed by atoms with E-state index >= 15 is 0 Å². The van der Waals surface area contributed by atoms with Crippen LogP contribution >= 0.6 is 0 Å². The molecule has 0 aliphatic carbocycles. The second-order valence-electron chi connectivity index (χ2n) is 6.71. The summed E-state index contributed by atoms with van der Waals surface area (Å²) in [5, 5.41) is 4.83. The van der Waals surface area contributed by atoms with E-state index in [2.05, 4.69) is 76.5 Å². The Kier molecular flexibility index (Phi) is 4.80. The van der Waals surface area contributed by atoms with Gasteiger partial charge in [0.1, 0.15) is 0 Å². The molecular formula is C23H23N3. The van der Waals surface area contributed by atoms with E-state index in [1.807, 2.05) is 24.4 Å². The quantitative estimate of drug-likeness (QED) is 0.552. The number of para-hydroxylation sites is 1. The molecule has 0 fully saturated rings. The van der Waals surface area contributed by atoms with Gasteiger partial charge in [-0.25, -0.2) is 0 Å².